The second-order valence-electron chi connectivity index (χ2n) is 4.93. The van der Waals surface area contributed by atoms with Crippen molar-refractivity contribution in [1.82, 2.24) is 5.32 Å². The van der Waals surface area contributed by atoms with E-state index >= 15 is 0 Å². The first-order valence-electron chi connectivity index (χ1n) is 6.24. The highest BCUT2D eigenvalue weighted by Gasteiger charge is 2.28. The molecule has 1 saturated heterocycles. The van der Waals surface area contributed by atoms with Crippen molar-refractivity contribution in [2.45, 2.75) is 63.6 Å². The van der Waals surface area contributed by atoms with Crippen LogP contribution in [0.5, 0.6) is 0 Å². The number of rotatable bonds is 1. The zero-order valence-corrected chi connectivity index (χ0v) is 10.2. The maximum Gasteiger partial charge on any atom is 0.103 e. The minimum absolute atomic E-state index is 0. The summed E-state index contributed by atoms with van der Waals surface area (Å²) in [5.41, 5.74) is 0. The van der Waals surface area contributed by atoms with Crippen LogP contribution in [0.3, 0.4) is 0 Å². The molecule has 0 amide bonds. The Hall–Kier alpha value is 0.180. The standard InChI is InChI=1S/C12H22FN.ClH/c13-11-7-8-14-12(9-11)10-5-3-1-2-4-6-10;/h10-12,14H,1-9H2;1H. The van der Waals surface area contributed by atoms with Crippen LogP contribution in [0.1, 0.15) is 51.4 Å². The lowest BCUT2D eigenvalue weighted by Gasteiger charge is -2.32. The first kappa shape index (κ1) is 13.2. The molecule has 1 heterocycles. The van der Waals surface area contributed by atoms with Crippen LogP contribution < -0.4 is 5.32 Å². The quantitative estimate of drug-likeness (QED) is 0.687. The average Bonchev–Trinajstić information content (AvgIpc) is 2.45. The molecule has 2 rings (SSSR count). The molecule has 0 bridgehead atoms. The molecule has 15 heavy (non-hydrogen) atoms. The smallest absolute Gasteiger partial charge is 0.103 e. The lowest BCUT2D eigenvalue weighted by Crippen LogP contribution is -2.43. The van der Waals surface area contributed by atoms with E-state index in [1.165, 1.54) is 38.5 Å². The van der Waals surface area contributed by atoms with Gasteiger partial charge in [0.05, 0.1) is 0 Å². The fourth-order valence-electron chi connectivity index (χ4n) is 2.97. The second-order valence-corrected chi connectivity index (χ2v) is 4.93. The van der Waals surface area contributed by atoms with Crippen LogP contribution in [-0.2, 0) is 0 Å². The van der Waals surface area contributed by atoms with E-state index in [-0.39, 0.29) is 12.4 Å². The summed E-state index contributed by atoms with van der Waals surface area (Å²) in [6.07, 6.45) is 9.11. The summed E-state index contributed by atoms with van der Waals surface area (Å²) >= 11 is 0. The van der Waals surface area contributed by atoms with Gasteiger partial charge in [-0.05, 0) is 38.1 Å². The van der Waals surface area contributed by atoms with Crippen LogP contribution >= 0.6 is 12.4 Å². The Morgan fingerprint density at radius 3 is 2.20 bits per heavy atom. The van der Waals surface area contributed by atoms with Gasteiger partial charge in [0.1, 0.15) is 6.17 Å². The fraction of sp³-hybridized carbons (Fsp3) is 1.00. The molecule has 0 radical (unpaired) electrons. The van der Waals surface area contributed by atoms with Crippen molar-refractivity contribution in [3.63, 3.8) is 0 Å². The summed E-state index contributed by atoms with van der Waals surface area (Å²) in [6, 6.07) is 0.483. The van der Waals surface area contributed by atoms with E-state index in [2.05, 4.69) is 5.32 Å². The molecule has 2 aliphatic rings. The SMILES string of the molecule is Cl.FC1CCNC(C2CCCCCC2)C1. The van der Waals surface area contributed by atoms with E-state index in [1.807, 2.05) is 0 Å². The number of piperidine rings is 1. The first-order valence-corrected chi connectivity index (χ1v) is 6.24. The maximum atomic E-state index is 13.3. The van der Waals surface area contributed by atoms with E-state index in [4.69, 9.17) is 0 Å². The molecule has 2 atom stereocenters. The van der Waals surface area contributed by atoms with Crippen LogP contribution in [0.25, 0.3) is 0 Å². The molecule has 1 nitrogen and oxygen atoms in total. The Labute approximate surface area is 98.6 Å². The predicted octanol–water partition coefficient (Wildman–Crippen LogP) is 3.47. The highest BCUT2D eigenvalue weighted by atomic mass is 35.5. The molecule has 0 aromatic carbocycles. The summed E-state index contributed by atoms with van der Waals surface area (Å²) in [5, 5.41) is 3.51. The number of nitrogens with one attached hydrogen (secondary N) is 1. The van der Waals surface area contributed by atoms with Crippen LogP contribution in [0, 0.1) is 5.92 Å². The minimum Gasteiger partial charge on any atom is -0.313 e. The van der Waals surface area contributed by atoms with Gasteiger partial charge in [-0.15, -0.1) is 12.4 Å². The summed E-state index contributed by atoms with van der Waals surface area (Å²) in [7, 11) is 0. The zero-order valence-electron chi connectivity index (χ0n) is 9.38. The summed E-state index contributed by atoms with van der Waals surface area (Å²) in [4.78, 5) is 0. The first-order chi connectivity index (χ1) is 6.86. The van der Waals surface area contributed by atoms with Gasteiger partial charge in [-0.1, -0.05) is 25.7 Å². The van der Waals surface area contributed by atoms with Gasteiger partial charge in [0.2, 0.25) is 0 Å². The van der Waals surface area contributed by atoms with Crippen LogP contribution in [-0.4, -0.2) is 18.8 Å². The van der Waals surface area contributed by atoms with E-state index in [1.54, 1.807) is 0 Å². The van der Waals surface area contributed by atoms with Crippen molar-refractivity contribution in [3.8, 4) is 0 Å². The number of hydrogen-bond acceptors (Lipinski definition) is 1. The van der Waals surface area contributed by atoms with E-state index < -0.39 is 6.17 Å². The topological polar surface area (TPSA) is 12.0 Å². The molecule has 1 aliphatic carbocycles. The lowest BCUT2D eigenvalue weighted by atomic mass is 9.86. The molecule has 2 unspecified atom stereocenters. The van der Waals surface area contributed by atoms with Gasteiger partial charge >= 0.3 is 0 Å². The maximum absolute atomic E-state index is 13.3. The van der Waals surface area contributed by atoms with Crippen molar-refractivity contribution in [3.05, 3.63) is 0 Å². The normalized spacial score (nSPS) is 34.2. The Morgan fingerprint density at radius 2 is 1.60 bits per heavy atom. The third-order valence-corrected chi connectivity index (χ3v) is 3.84. The van der Waals surface area contributed by atoms with Crippen LogP contribution in [0.15, 0.2) is 0 Å². The Kier molecular flexibility index (Phi) is 5.91. The molecule has 1 saturated carbocycles. The number of alkyl halides is 1. The van der Waals surface area contributed by atoms with Gasteiger partial charge in [-0.25, -0.2) is 4.39 Å². The Morgan fingerprint density at radius 1 is 0.933 bits per heavy atom. The number of hydrogen-bond donors (Lipinski definition) is 1. The highest BCUT2D eigenvalue weighted by Crippen LogP contribution is 2.29. The molecule has 90 valence electrons. The fourth-order valence-corrected chi connectivity index (χ4v) is 2.97. The van der Waals surface area contributed by atoms with E-state index in [9.17, 15) is 4.39 Å². The molecule has 0 aromatic heterocycles. The molecule has 3 heteroatoms. The monoisotopic (exact) mass is 235 g/mol. The molecule has 1 N–H and O–H groups in total. The molecule has 2 fully saturated rings. The molecular formula is C12H23ClFN. The van der Waals surface area contributed by atoms with E-state index in [0.29, 0.717) is 6.04 Å². The lowest BCUT2D eigenvalue weighted by molar-refractivity contribution is 0.177. The van der Waals surface area contributed by atoms with Gasteiger partial charge in [-0.3, -0.25) is 0 Å². The number of halogens is 2. The Bertz CT molecular complexity index is 169. The van der Waals surface area contributed by atoms with Gasteiger partial charge in [0.15, 0.2) is 0 Å². The molecular weight excluding hydrogens is 213 g/mol. The molecule has 0 aromatic rings. The molecule has 0 spiro atoms. The largest absolute Gasteiger partial charge is 0.313 e. The van der Waals surface area contributed by atoms with Gasteiger partial charge in [0.25, 0.3) is 0 Å². The third kappa shape index (κ3) is 3.92. The van der Waals surface area contributed by atoms with Crippen molar-refractivity contribution in [1.29, 1.82) is 0 Å². The highest BCUT2D eigenvalue weighted by molar-refractivity contribution is 5.85. The van der Waals surface area contributed by atoms with Gasteiger partial charge in [-0.2, -0.15) is 0 Å². The summed E-state index contributed by atoms with van der Waals surface area (Å²) in [5.74, 6) is 0.760. The minimum atomic E-state index is -0.537. The van der Waals surface area contributed by atoms with Crippen molar-refractivity contribution in [2.24, 2.45) is 5.92 Å². The molecule has 1 aliphatic heterocycles. The van der Waals surface area contributed by atoms with Crippen molar-refractivity contribution >= 4 is 12.4 Å². The predicted molar refractivity (Wildman–Crippen MR) is 64.4 cm³/mol. The van der Waals surface area contributed by atoms with Crippen molar-refractivity contribution < 1.29 is 4.39 Å². The van der Waals surface area contributed by atoms with Crippen molar-refractivity contribution in [2.75, 3.05) is 6.54 Å². The van der Waals surface area contributed by atoms with E-state index in [0.717, 1.165) is 25.3 Å². The van der Waals surface area contributed by atoms with Crippen LogP contribution in [0.4, 0.5) is 4.39 Å². The Balaban J connectivity index is 0.00000112. The summed E-state index contributed by atoms with van der Waals surface area (Å²) < 4.78 is 13.3. The third-order valence-electron chi connectivity index (χ3n) is 3.84. The zero-order chi connectivity index (χ0) is 9.80. The average molecular weight is 236 g/mol. The summed E-state index contributed by atoms with van der Waals surface area (Å²) in [6.45, 7) is 0.891. The second kappa shape index (κ2) is 6.70. The van der Waals surface area contributed by atoms with Gasteiger partial charge < -0.3 is 5.32 Å². The van der Waals surface area contributed by atoms with Gasteiger partial charge in [0, 0.05) is 6.04 Å². The van der Waals surface area contributed by atoms with Crippen LogP contribution in [0.2, 0.25) is 0 Å².